The molecular formula is C16H29NO4. The van der Waals surface area contributed by atoms with Crippen molar-refractivity contribution >= 4 is 11.7 Å². The van der Waals surface area contributed by atoms with Gasteiger partial charge in [0.2, 0.25) is 5.91 Å². The van der Waals surface area contributed by atoms with Gasteiger partial charge in [0.05, 0.1) is 19.8 Å². The Kier molecular flexibility index (Phi) is 10.1. The molecule has 1 saturated carbocycles. The van der Waals surface area contributed by atoms with Gasteiger partial charge in [0.1, 0.15) is 5.78 Å². The fourth-order valence-electron chi connectivity index (χ4n) is 2.60. The van der Waals surface area contributed by atoms with E-state index in [4.69, 9.17) is 9.47 Å². The zero-order chi connectivity index (χ0) is 15.3. The molecule has 0 saturated heterocycles. The largest absolute Gasteiger partial charge is 0.379 e. The number of Topliss-reactive ketones (excluding diaryl/α,β-unsaturated/α-hetero) is 1. The molecule has 1 fully saturated rings. The molecule has 0 bridgehead atoms. The van der Waals surface area contributed by atoms with Crippen LogP contribution in [0.2, 0.25) is 0 Å². The van der Waals surface area contributed by atoms with Crippen LogP contribution < -0.4 is 5.32 Å². The third-order valence-corrected chi connectivity index (χ3v) is 3.76. The SMILES string of the molecule is CC(=O)NCCOCCOCCCC(=O)C1CCCCC1. The highest BCUT2D eigenvalue weighted by atomic mass is 16.5. The van der Waals surface area contributed by atoms with E-state index in [9.17, 15) is 9.59 Å². The Balaban J connectivity index is 1.83. The van der Waals surface area contributed by atoms with Gasteiger partial charge in [-0.3, -0.25) is 9.59 Å². The molecule has 1 aliphatic carbocycles. The smallest absolute Gasteiger partial charge is 0.216 e. The van der Waals surface area contributed by atoms with E-state index in [1.807, 2.05) is 0 Å². The molecule has 1 amide bonds. The third-order valence-electron chi connectivity index (χ3n) is 3.76. The second-order valence-electron chi connectivity index (χ2n) is 5.61. The number of amides is 1. The van der Waals surface area contributed by atoms with E-state index in [0.717, 1.165) is 19.3 Å². The van der Waals surface area contributed by atoms with Crippen LogP contribution in [0.3, 0.4) is 0 Å². The van der Waals surface area contributed by atoms with Crippen LogP contribution in [0.4, 0.5) is 0 Å². The van der Waals surface area contributed by atoms with Crippen molar-refractivity contribution in [3.8, 4) is 0 Å². The zero-order valence-electron chi connectivity index (χ0n) is 13.2. The topological polar surface area (TPSA) is 64.6 Å². The van der Waals surface area contributed by atoms with Gasteiger partial charge in [0.15, 0.2) is 0 Å². The standard InChI is InChI=1S/C16H29NO4/c1-14(18)17-9-11-21-13-12-20-10-5-8-16(19)15-6-3-2-4-7-15/h15H,2-13H2,1H3,(H,17,18). The van der Waals surface area contributed by atoms with E-state index in [1.54, 1.807) is 0 Å². The monoisotopic (exact) mass is 299 g/mol. The van der Waals surface area contributed by atoms with Crippen LogP contribution in [0.25, 0.3) is 0 Å². The van der Waals surface area contributed by atoms with Crippen LogP contribution in [0, 0.1) is 5.92 Å². The van der Waals surface area contributed by atoms with Crippen LogP contribution >= 0.6 is 0 Å². The molecule has 1 N–H and O–H groups in total. The summed E-state index contributed by atoms with van der Waals surface area (Å²) in [6, 6.07) is 0. The number of hydrogen-bond acceptors (Lipinski definition) is 4. The van der Waals surface area contributed by atoms with Gasteiger partial charge in [-0.05, 0) is 19.3 Å². The summed E-state index contributed by atoms with van der Waals surface area (Å²) in [5.74, 6) is 0.693. The first-order chi connectivity index (χ1) is 10.2. The highest BCUT2D eigenvalue weighted by Crippen LogP contribution is 2.25. The molecule has 5 nitrogen and oxygen atoms in total. The molecule has 0 aromatic heterocycles. The fraction of sp³-hybridized carbons (Fsp3) is 0.875. The maximum absolute atomic E-state index is 11.9. The summed E-state index contributed by atoms with van der Waals surface area (Å²) in [7, 11) is 0. The van der Waals surface area contributed by atoms with Crippen molar-refractivity contribution in [2.75, 3.05) is 33.0 Å². The number of rotatable bonds is 11. The molecule has 1 rings (SSSR count). The third kappa shape index (κ3) is 9.58. The predicted molar refractivity (Wildman–Crippen MR) is 81.1 cm³/mol. The minimum Gasteiger partial charge on any atom is -0.379 e. The lowest BCUT2D eigenvalue weighted by atomic mass is 9.85. The van der Waals surface area contributed by atoms with Gasteiger partial charge < -0.3 is 14.8 Å². The van der Waals surface area contributed by atoms with E-state index in [2.05, 4.69) is 5.32 Å². The summed E-state index contributed by atoms with van der Waals surface area (Å²) in [4.78, 5) is 22.5. The molecule has 5 heteroatoms. The fourth-order valence-corrected chi connectivity index (χ4v) is 2.60. The van der Waals surface area contributed by atoms with Crippen molar-refractivity contribution in [1.29, 1.82) is 0 Å². The highest BCUT2D eigenvalue weighted by molar-refractivity contribution is 5.81. The molecule has 0 aliphatic heterocycles. The minimum absolute atomic E-state index is 0.0440. The highest BCUT2D eigenvalue weighted by Gasteiger charge is 2.20. The van der Waals surface area contributed by atoms with Crippen molar-refractivity contribution in [1.82, 2.24) is 5.32 Å². The zero-order valence-corrected chi connectivity index (χ0v) is 13.2. The molecule has 0 heterocycles. The Morgan fingerprint density at radius 1 is 1.00 bits per heavy atom. The lowest BCUT2D eigenvalue weighted by Crippen LogP contribution is -2.25. The average molecular weight is 299 g/mol. The van der Waals surface area contributed by atoms with Gasteiger partial charge in [-0.2, -0.15) is 0 Å². The molecule has 0 radical (unpaired) electrons. The molecule has 0 atom stereocenters. The number of ketones is 1. The molecular weight excluding hydrogens is 270 g/mol. The Morgan fingerprint density at radius 2 is 1.67 bits per heavy atom. The number of carbonyl (C=O) groups is 2. The Labute approximate surface area is 127 Å². The molecule has 0 aromatic rings. The lowest BCUT2D eigenvalue weighted by molar-refractivity contribution is -0.124. The normalized spacial score (nSPS) is 15.9. The Morgan fingerprint density at radius 3 is 2.33 bits per heavy atom. The average Bonchev–Trinajstić information content (AvgIpc) is 2.49. The van der Waals surface area contributed by atoms with Gasteiger partial charge >= 0.3 is 0 Å². The van der Waals surface area contributed by atoms with Gasteiger partial charge in [0, 0.05) is 32.4 Å². The molecule has 0 unspecified atom stereocenters. The summed E-state index contributed by atoms with van der Waals surface area (Å²) in [5.41, 5.74) is 0. The van der Waals surface area contributed by atoms with Crippen LogP contribution in [-0.4, -0.2) is 44.7 Å². The van der Waals surface area contributed by atoms with Gasteiger partial charge in [-0.15, -0.1) is 0 Å². The van der Waals surface area contributed by atoms with Crippen molar-refractivity contribution in [3.05, 3.63) is 0 Å². The van der Waals surface area contributed by atoms with Crippen molar-refractivity contribution in [2.24, 2.45) is 5.92 Å². The summed E-state index contributed by atoms with van der Waals surface area (Å²) in [5, 5.41) is 2.66. The maximum Gasteiger partial charge on any atom is 0.216 e. The summed E-state index contributed by atoms with van der Waals surface area (Å²) in [6.07, 6.45) is 7.33. The van der Waals surface area contributed by atoms with Crippen LogP contribution in [-0.2, 0) is 19.1 Å². The lowest BCUT2D eigenvalue weighted by Gasteiger charge is -2.20. The second kappa shape index (κ2) is 11.7. The van der Waals surface area contributed by atoms with E-state index >= 15 is 0 Å². The van der Waals surface area contributed by atoms with Crippen LogP contribution in [0.1, 0.15) is 51.9 Å². The van der Waals surface area contributed by atoms with Crippen molar-refractivity contribution < 1.29 is 19.1 Å². The summed E-state index contributed by atoms with van der Waals surface area (Å²) >= 11 is 0. The van der Waals surface area contributed by atoms with Crippen molar-refractivity contribution in [2.45, 2.75) is 51.9 Å². The van der Waals surface area contributed by atoms with Crippen LogP contribution in [0.5, 0.6) is 0 Å². The van der Waals surface area contributed by atoms with Gasteiger partial charge in [-0.1, -0.05) is 19.3 Å². The Hall–Kier alpha value is -0.940. The number of ether oxygens (including phenoxy) is 2. The molecule has 1 aliphatic rings. The Bertz CT molecular complexity index is 301. The van der Waals surface area contributed by atoms with Gasteiger partial charge in [0.25, 0.3) is 0 Å². The van der Waals surface area contributed by atoms with Crippen LogP contribution in [0.15, 0.2) is 0 Å². The number of nitrogens with one attached hydrogen (secondary N) is 1. The predicted octanol–water partition coefficient (Wildman–Crippen LogP) is 2.09. The van der Waals surface area contributed by atoms with E-state index < -0.39 is 0 Å². The maximum atomic E-state index is 11.9. The second-order valence-corrected chi connectivity index (χ2v) is 5.61. The van der Waals surface area contributed by atoms with Gasteiger partial charge in [-0.25, -0.2) is 0 Å². The first kappa shape index (κ1) is 18.1. The summed E-state index contributed by atoms with van der Waals surface area (Å²) < 4.78 is 10.7. The quantitative estimate of drug-likeness (QED) is 0.593. The molecule has 0 spiro atoms. The summed E-state index contributed by atoms with van der Waals surface area (Å²) in [6.45, 7) is 4.20. The number of carbonyl (C=O) groups excluding carboxylic acids is 2. The first-order valence-corrected chi connectivity index (χ1v) is 8.13. The first-order valence-electron chi connectivity index (χ1n) is 8.13. The van der Waals surface area contributed by atoms with E-state index in [-0.39, 0.29) is 5.91 Å². The van der Waals surface area contributed by atoms with E-state index in [0.29, 0.717) is 51.1 Å². The molecule has 21 heavy (non-hydrogen) atoms. The van der Waals surface area contributed by atoms with Crippen molar-refractivity contribution in [3.63, 3.8) is 0 Å². The molecule has 122 valence electrons. The number of hydrogen-bond donors (Lipinski definition) is 1. The molecule has 0 aromatic carbocycles. The minimum atomic E-state index is -0.0440. The van der Waals surface area contributed by atoms with E-state index in [1.165, 1.54) is 26.2 Å².